The number of nitrogens with one attached hydrogen (secondary N) is 1. The summed E-state index contributed by atoms with van der Waals surface area (Å²) in [6, 6.07) is 3.42. The zero-order chi connectivity index (χ0) is 19.2. The number of hydrazone groups is 1. The number of nitrogens with zero attached hydrogens (tertiary/aromatic N) is 7. The van der Waals surface area contributed by atoms with E-state index in [1.54, 1.807) is 12.1 Å². The van der Waals surface area contributed by atoms with Crippen LogP contribution < -0.4 is 11.2 Å². The van der Waals surface area contributed by atoms with E-state index in [-0.39, 0.29) is 17.3 Å². The molecule has 0 aliphatic carbocycles. The largest absolute Gasteiger partial charge is 0.463 e. The Hall–Kier alpha value is -3.54. The van der Waals surface area contributed by atoms with Crippen molar-refractivity contribution in [1.29, 1.82) is 0 Å². The predicted molar refractivity (Wildman–Crippen MR) is 94.0 cm³/mol. The van der Waals surface area contributed by atoms with Gasteiger partial charge in [0.15, 0.2) is 5.69 Å². The number of nitrogen functional groups attached to an aromatic ring is 1. The number of amides is 1. The molecule has 27 heavy (non-hydrogen) atoms. The molecule has 0 spiro atoms. The molecule has 12 heteroatoms. The van der Waals surface area contributed by atoms with Crippen LogP contribution in [0.5, 0.6) is 0 Å². The zero-order valence-electron chi connectivity index (χ0n) is 14.9. The molecule has 3 rings (SSSR count). The lowest BCUT2D eigenvalue weighted by atomic mass is 10.2. The number of rotatable bonds is 8. The second-order valence-corrected chi connectivity index (χ2v) is 5.45. The van der Waals surface area contributed by atoms with Crippen molar-refractivity contribution in [3.05, 3.63) is 35.5 Å². The van der Waals surface area contributed by atoms with E-state index in [4.69, 9.17) is 10.2 Å². The van der Waals surface area contributed by atoms with Crippen LogP contribution in [0.2, 0.25) is 0 Å². The molecular formula is C15H19N9O3. The molecule has 0 saturated heterocycles. The number of anilines is 1. The highest BCUT2D eigenvalue weighted by Gasteiger charge is 2.25. The van der Waals surface area contributed by atoms with Crippen molar-refractivity contribution < 1.29 is 13.8 Å². The number of carbonyl (C=O) groups is 1. The average molecular weight is 373 g/mol. The van der Waals surface area contributed by atoms with Gasteiger partial charge in [-0.05, 0) is 35.5 Å². The van der Waals surface area contributed by atoms with Gasteiger partial charge in [0.2, 0.25) is 11.6 Å². The first-order valence-corrected chi connectivity index (χ1v) is 8.26. The molecule has 12 nitrogen and oxygen atoms in total. The lowest BCUT2D eigenvalue weighted by Gasteiger charge is -2.16. The number of aromatic nitrogens is 5. The van der Waals surface area contributed by atoms with Gasteiger partial charge in [-0.2, -0.15) is 9.78 Å². The van der Waals surface area contributed by atoms with Crippen LogP contribution in [-0.4, -0.2) is 55.4 Å². The SMILES string of the molecule is CCN(CC)Cc1nnn(-c2nonc2N)c1C(=O)N/N=C/c1ccco1. The fourth-order valence-electron chi connectivity index (χ4n) is 2.36. The highest BCUT2D eigenvalue weighted by molar-refractivity contribution is 5.94. The molecular weight excluding hydrogens is 354 g/mol. The summed E-state index contributed by atoms with van der Waals surface area (Å²) in [5.41, 5.74) is 8.75. The Morgan fingerprint density at radius 2 is 2.22 bits per heavy atom. The third kappa shape index (κ3) is 4.00. The minimum Gasteiger partial charge on any atom is -0.463 e. The van der Waals surface area contributed by atoms with Gasteiger partial charge in [-0.25, -0.2) is 10.1 Å². The zero-order valence-corrected chi connectivity index (χ0v) is 14.9. The van der Waals surface area contributed by atoms with E-state index >= 15 is 0 Å². The van der Waals surface area contributed by atoms with Gasteiger partial charge < -0.3 is 10.2 Å². The van der Waals surface area contributed by atoms with Crippen LogP contribution in [0.15, 0.2) is 32.5 Å². The summed E-state index contributed by atoms with van der Waals surface area (Å²) in [6.45, 7) is 6.02. The number of carbonyl (C=O) groups excluding carboxylic acids is 1. The van der Waals surface area contributed by atoms with Crippen LogP contribution in [0.4, 0.5) is 5.82 Å². The molecule has 0 bridgehead atoms. The van der Waals surface area contributed by atoms with Crippen molar-refractivity contribution in [2.45, 2.75) is 20.4 Å². The first kappa shape index (κ1) is 18.3. The molecule has 1 amide bonds. The molecule has 0 saturated carbocycles. The predicted octanol–water partition coefficient (Wildman–Crippen LogP) is 0.431. The van der Waals surface area contributed by atoms with Crippen molar-refractivity contribution in [3.63, 3.8) is 0 Å². The van der Waals surface area contributed by atoms with Crippen molar-refractivity contribution in [2.24, 2.45) is 5.10 Å². The summed E-state index contributed by atoms with van der Waals surface area (Å²) in [5, 5.41) is 19.2. The summed E-state index contributed by atoms with van der Waals surface area (Å²) in [5.74, 6) is 0.0264. The van der Waals surface area contributed by atoms with Gasteiger partial charge in [0, 0.05) is 6.54 Å². The topological polar surface area (TPSA) is 153 Å². The number of furan rings is 1. The maximum Gasteiger partial charge on any atom is 0.292 e. The van der Waals surface area contributed by atoms with Gasteiger partial charge >= 0.3 is 0 Å². The van der Waals surface area contributed by atoms with Crippen molar-refractivity contribution in [2.75, 3.05) is 18.8 Å². The summed E-state index contributed by atoms with van der Waals surface area (Å²) >= 11 is 0. The Kier molecular flexibility index (Phi) is 5.56. The van der Waals surface area contributed by atoms with Gasteiger partial charge in [0.1, 0.15) is 11.5 Å². The van der Waals surface area contributed by atoms with E-state index in [2.05, 4.69) is 40.7 Å². The fraction of sp³-hybridized carbons (Fsp3) is 0.333. The van der Waals surface area contributed by atoms with E-state index in [9.17, 15) is 4.79 Å². The summed E-state index contributed by atoms with van der Waals surface area (Å²) in [6.07, 6.45) is 2.88. The number of hydrogen-bond acceptors (Lipinski definition) is 10. The standard InChI is InChI=1S/C15H19N9O3/c1-3-23(4-2)9-11-12(15(25)19-17-8-10-6-5-7-26-10)24(22-18-11)14-13(16)20-27-21-14/h5-8H,3-4,9H2,1-2H3,(H2,16,20)(H,19,25)/b17-8+. The van der Waals surface area contributed by atoms with E-state index in [0.717, 1.165) is 13.1 Å². The third-order valence-corrected chi connectivity index (χ3v) is 3.82. The van der Waals surface area contributed by atoms with Gasteiger partial charge in [0.05, 0.1) is 12.5 Å². The van der Waals surface area contributed by atoms with Crippen LogP contribution in [0.1, 0.15) is 35.8 Å². The number of hydrogen-bond donors (Lipinski definition) is 2. The van der Waals surface area contributed by atoms with Gasteiger partial charge in [-0.15, -0.1) is 5.10 Å². The van der Waals surface area contributed by atoms with Crippen LogP contribution in [0.25, 0.3) is 5.82 Å². The normalized spacial score (nSPS) is 11.5. The molecule has 0 unspecified atom stereocenters. The van der Waals surface area contributed by atoms with E-state index < -0.39 is 5.91 Å². The van der Waals surface area contributed by atoms with Crippen LogP contribution >= 0.6 is 0 Å². The minimum atomic E-state index is -0.535. The Balaban J connectivity index is 1.90. The molecule has 142 valence electrons. The van der Waals surface area contributed by atoms with E-state index in [1.807, 2.05) is 13.8 Å². The fourth-order valence-corrected chi connectivity index (χ4v) is 2.36. The quantitative estimate of drug-likeness (QED) is 0.422. The number of nitrogens with two attached hydrogens (primary N) is 1. The van der Waals surface area contributed by atoms with Gasteiger partial charge in [0.25, 0.3) is 5.91 Å². The second kappa shape index (κ2) is 8.23. The molecule has 0 aliphatic rings. The van der Waals surface area contributed by atoms with Crippen molar-refractivity contribution >= 4 is 17.9 Å². The summed E-state index contributed by atoms with van der Waals surface area (Å²) in [7, 11) is 0. The van der Waals surface area contributed by atoms with Crippen LogP contribution in [0.3, 0.4) is 0 Å². The molecule has 3 aromatic rings. The first-order valence-electron chi connectivity index (χ1n) is 8.26. The van der Waals surface area contributed by atoms with Gasteiger partial charge in [-0.1, -0.05) is 19.1 Å². The maximum atomic E-state index is 12.7. The molecule has 0 radical (unpaired) electrons. The van der Waals surface area contributed by atoms with Crippen LogP contribution in [0, 0.1) is 0 Å². The van der Waals surface area contributed by atoms with Crippen LogP contribution in [-0.2, 0) is 6.54 Å². The van der Waals surface area contributed by atoms with Gasteiger partial charge in [-0.3, -0.25) is 9.69 Å². The molecule has 0 aliphatic heterocycles. The Morgan fingerprint density at radius 1 is 1.41 bits per heavy atom. The van der Waals surface area contributed by atoms with E-state index in [1.165, 1.54) is 17.2 Å². The molecule has 3 aromatic heterocycles. The molecule has 3 N–H and O–H groups in total. The average Bonchev–Trinajstić information content (AvgIpc) is 3.40. The summed E-state index contributed by atoms with van der Waals surface area (Å²) < 4.78 is 10.9. The molecule has 3 heterocycles. The highest BCUT2D eigenvalue weighted by Crippen LogP contribution is 2.17. The van der Waals surface area contributed by atoms with Crippen molar-refractivity contribution in [3.8, 4) is 5.82 Å². The Bertz CT molecular complexity index is 909. The summed E-state index contributed by atoms with van der Waals surface area (Å²) in [4.78, 5) is 14.8. The lowest BCUT2D eigenvalue weighted by Crippen LogP contribution is -2.27. The lowest BCUT2D eigenvalue weighted by molar-refractivity contribution is 0.0945. The Labute approximate surface area is 154 Å². The molecule has 0 aromatic carbocycles. The molecule has 0 fully saturated rings. The second-order valence-electron chi connectivity index (χ2n) is 5.45. The highest BCUT2D eigenvalue weighted by atomic mass is 16.6. The van der Waals surface area contributed by atoms with Crippen molar-refractivity contribution in [1.82, 2.24) is 35.6 Å². The molecule has 0 atom stereocenters. The monoisotopic (exact) mass is 373 g/mol. The third-order valence-electron chi connectivity index (χ3n) is 3.82. The van der Waals surface area contributed by atoms with E-state index in [0.29, 0.717) is 18.0 Å². The first-order chi connectivity index (χ1) is 13.1. The minimum absolute atomic E-state index is 0.0116. The smallest absolute Gasteiger partial charge is 0.292 e. The Morgan fingerprint density at radius 3 is 2.85 bits per heavy atom. The maximum absolute atomic E-state index is 12.7.